The molecule has 11 heteroatoms. The number of rotatable bonds is 9. The van der Waals surface area contributed by atoms with Gasteiger partial charge in [0.25, 0.3) is 11.1 Å². The van der Waals surface area contributed by atoms with E-state index in [1.54, 1.807) is 36.4 Å². The second-order valence-electron chi connectivity index (χ2n) is 5.99. The Hall–Kier alpha value is -3.68. The van der Waals surface area contributed by atoms with E-state index in [-0.39, 0.29) is 22.6 Å². The van der Waals surface area contributed by atoms with Crippen LogP contribution in [0.1, 0.15) is 5.56 Å². The Balaban J connectivity index is 1.87. The van der Waals surface area contributed by atoms with Crippen LogP contribution in [0.3, 0.4) is 0 Å². The van der Waals surface area contributed by atoms with Crippen LogP contribution in [0.4, 0.5) is 0 Å². The predicted octanol–water partition coefficient (Wildman–Crippen LogP) is 4.53. The number of nitrogens with zero attached hydrogens (tertiary/aromatic N) is 3. The molecule has 0 aliphatic rings. The topological polar surface area (TPSA) is 128 Å². The van der Waals surface area contributed by atoms with Crippen LogP contribution in [0.25, 0.3) is 17.5 Å². The smallest absolute Gasteiger partial charge is 0.342 e. The van der Waals surface area contributed by atoms with E-state index in [0.717, 1.165) is 11.8 Å². The fraction of sp³-hybridized carbons (Fsp3) is 0.143. The summed E-state index contributed by atoms with van der Waals surface area (Å²) >= 11 is 6.83. The normalized spacial score (nSPS) is 11.0. The Bertz CT molecular complexity index is 1200. The lowest BCUT2D eigenvalue weighted by molar-refractivity contribution is -0.131. The number of halogens is 1. The maximum Gasteiger partial charge on any atom is 0.342 e. The van der Waals surface area contributed by atoms with Gasteiger partial charge in [0.05, 0.1) is 19.8 Å². The molecule has 0 fully saturated rings. The first kappa shape index (κ1) is 23.0. The zero-order valence-corrected chi connectivity index (χ0v) is 18.4. The molecule has 0 radical (unpaired) electrons. The van der Waals surface area contributed by atoms with Crippen molar-refractivity contribution in [2.24, 2.45) is 0 Å². The Morgan fingerprint density at radius 1 is 1.19 bits per heavy atom. The molecule has 0 saturated carbocycles. The molecule has 0 saturated heterocycles. The number of carboxylic acid groups (broad SMARTS) is 1. The summed E-state index contributed by atoms with van der Waals surface area (Å²) in [4.78, 5) is 11.7. The fourth-order valence-corrected chi connectivity index (χ4v) is 3.44. The molecule has 3 rings (SSSR count). The molecular weight excluding hydrogens is 458 g/mol. The number of carboxylic acids is 1. The third-order valence-corrected chi connectivity index (χ3v) is 5.07. The first-order valence-electron chi connectivity index (χ1n) is 8.93. The van der Waals surface area contributed by atoms with Crippen molar-refractivity contribution < 1.29 is 28.5 Å². The van der Waals surface area contributed by atoms with Gasteiger partial charge in [-0.25, -0.2) is 4.79 Å². The number of thioether (sulfide) groups is 1. The highest BCUT2D eigenvalue weighted by Gasteiger charge is 2.18. The van der Waals surface area contributed by atoms with Gasteiger partial charge in [0, 0.05) is 5.02 Å². The quantitative estimate of drug-likeness (QED) is 0.349. The van der Waals surface area contributed by atoms with Crippen molar-refractivity contribution in [1.29, 1.82) is 5.26 Å². The monoisotopic (exact) mass is 473 g/mol. The summed E-state index contributed by atoms with van der Waals surface area (Å²) in [6, 6.07) is 11.6. The number of nitriles is 1. The van der Waals surface area contributed by atoms with E-state index in [1.165, 1.54) is 20.3 Å². The third kappa shape index (κ3) is 5.51. The summed E-state index contributed by atoms with van der Waals surface area (Å²) < 4.78 is 21.4. The first-order chi connectivity index (χ1) is 15.4. The summed E-state index contributed by atoms with van der Waals surface area (Å²) in [6.45, 7) is -0.140. The van der Waals surface area contributed by atoms with Crippen molar-refractivity contribution in [1.82, 2.24) is 10.2 Å². The van der Waals surface area contributed by atoms with Crippen LogP contribution >= 0.6 is 23.4 Å². The number of aliphatic carboxylic acids is 1. The number of carbonyl (C=O) groups is 1. The Morgan fingerprint density at radius 2 is 1.94 bits per heavy atom. The Labute approximate surface area is 192 Å². The predicted molar refractivity (Wildman–Crippen MR) is 117 cm³/mol. The average Bonchev–Trinajstić information content (AvgIpc) is 3.26. The molecule has 0 atom stereocenters. The molecule has 0 bridgehead atoms. The molecule has 1 N–H and O–H groups in total. The van der Waals surface area contributed by atoms with Crippen LogP contribution in [-0.2, 0) is 4.79 Å². The molecule has 0 unspecified atom stereocenters. The van der Waals surface area contributed by atoms with Crippen molar-refractivity contribution in [3.05, 3.63) is 51.9 Å². The van der Waals surface area contributed by atoms with E-state index in [1.807, 2.05) is 6.07 Å². The van der Waals surface area contributed by atoms with Gasteiger partial charge < -0.3 is 23.7 Å². The van der Waals surface area contributed by atoms with E-state index < -0.39 is 5.97 Å². The Kier molecular flexibility index (Phi) is 7.59. The van der Waals surface area contributed by atoms with E-state index in [9.17, 15) is 9.90 Å². The van der Waals surface area contributed by atoms with Crippen molar-refractivity contribution in [2.45, 2.75) is 5.22 Å². The molecule has 32 heavy (non-hydrogen) atoms. The van der Waals surface area contributed by atoms with Gasteiger partial charge in [-0.05, 0) is 53.7 Å². The maximum atomic E-state index is 11.8. The highest BCUT2D eigenvalue weighted by Crippen LogP contribution is 2.35. The van der Waals surface area contributed by atoms with Crippen LogP contribution in [0, 0.1) is 11.3 Å². The van der Waals surface area contributed by atoms with Crippen molar-refractivity contribution >= 4 is 35.4 Å². The van der Waals surface area contributed by atoms with Gasteiger partial charge in [0.15, 0.2) is 18.1 Å². The summed E-state index contributed by atoms with van der Waals surface area (Å²) in [7, 11) is 2.94. The first-order valence-corrected chi connectivity index (χ1v) is 10.1. The van der Waals surface area contributed by atoms with Crippen LogP contribution in [-0.4, -0.2) is 42.1 Å². The third-order valence-electron chi connectivity index (χ3n) is 3.98. The average molecular weight is 474 g/mol. The molecule has 1 heterocycles. The molecule has 0 amide bonds. The van der Waals surface area contributed by atoms with Crippen LogP contribution < -0.4 is 14.2 Å². The van der Waals surface area contributed by atoms with Crippen LogP contribution in [0.5, 0.6) is 17.2 Å². The van der Waals surface area contributed by atoms with Gasteiger partial charge in [-0.1, -0.05) is 17.7 Å². The second kappa shape index (κ2) is 10.6. The molecule has 2 aromatic carbocycles. The SMILES string of the molecule is COc1cc(/C=C(\Sc2nnc(-c3cc(Cl)ccc3OC)o2)C(=O)O)ccc1OCC#N. The molecule has 0 aliphatic carbocycles. The standard InChI is InChI=1S/C21H16ClN3O6S/c1-28-15-6-4-13(22)11-14(15)19-24-25-21(31-19)32-18(20(26)27)10-12-3-5-16(30-8-7-23)17(9-12)29-2/h3-6,9-11H,8H2,1-2H3,(H,26,27)/b18-10-. The summed E-state index contributed by atoms with van der Waals surface area (Å²) in [5, 5.41) is 26.6. The number of hydrogen-bond acceptors (Lipinski definition) is 9. The molecular formula is C21H16ClN3O6S. The number of benzene rings is 2. The second-order valence-corrected chi connectivity index (χ2v) is 7.42. The molecule has 3 aromatic rings. The van der Waals surface area contributed by atoms with Gasteiger partial charge in [0.1, 0.15) is 16.7 Å². The minimum absolute atomic E-state index is 0.0246. The molecule has 1 aromatic heterocycles. The van der Waals surface area contributed by atoms with Gasteiger partial charge >= 0.3 is 5.97 Å². The van der Waals surface area contributed by atoms with Crippen molar-refractivity contribution in [2.75, 3.05) is 20.8 Å². The van der Waals surface area contributed by atoms with Gasteiger partial charge in [-0.3, -0.25) is 0 Å². The number of hydrogen-bond donors (Lipinski definition) is 1. The van der Waals surface area contributed by atoms with E-state index >= 15 is 0 Å². The van der Waals surface area contributed by atoms with Gasteiger partial charge in [-0.2, -0.15) is 5.26 Å². The summed E-state index contributed by atoms with van der Waals surface area (Å²) in [6.07, 6.45) is 1.42. The van der Waals surface area contributed by atoms with E-state index in [4.69, 9.17) is 35.5 Å². The van der Waals surface area contributed by atoms with E-state index in [0.29, 0.717) is 33.4 Å². The van der Waals surface area contributed by atoms with Crippen molar-refractivity contribution in [3.63, 3.8) is 0 Å². The Morgan fingerprint density at radius 3 is 2.62 bits per heavy atom. The lowest BCUT2D eigenvalue weighted by Gasteiger charge is -2.09. The zero-order valence-electron chi connectivity index (χ0n) is 16.9. The summed E-state index contributed by atoms with van der Waals surface area (Å²) in [5.41, 5.74) is 1.02. The maximum absolute atomic E-state index is 11.8. The molecule has 9 nitrogen and oxygen atoms in total. The van der Waals surface area contributed by atoms with Crippen molar-refractivity contribution in [3.8, 4) is 34.8 Å². The zero-order chi connectivity index (χ0) is 23.1. The minimum Gasteiger partial charge on any atom is -0.496 e. The van der Waals surface area contributed by atoms with Crippen LogP contribution in [0.2, 0.25) is 5.02 Å². The van der Waals surface area contributed by atoms with Crippen LogP contribution in [0.15, 0.2) is 50.9 Å². The number of aromatic nitrogens is 2. The lowest BCUT2D eigenvalue weighted by atomic mass is 10.2. The number of methoxy groups -OCH3 is 2. The highest BCUT2D eigenvalue weighted by atomic mass is 35.5. The van der Waals surface area contributed by atoms with E-state index in [2.05, 4.69) is 10.2 Å². The lowest BCUT2D eigenvalue weighted by Crippen LogP contribution is -1.98. The number of ether oxygens (including phenoxy) is 3. The largest absolute Gasteiger partial charge is 0.496 e. The fourth-order valence-electron chi connectivity index (χ4n) is 2.59. The molecule has 0 spiro atoms. The van der Waals surface area contributed by atoms with Gasteiger partial charge in [0.2, 0.25) is 0 Å². The highest BCUT2D eigenvalue weighted by molar-refractivity contribution is 8.03. The van der Waals surface area contributed by atoms with Gasteiger partial charge in [-0.15, -0.1) is 10.2 Å². The summed E-state index contributed by atoms with van der Waals surface area (Å²) in [5.74, 6) is 0.162. The minimum atomic E-state index is -1.18. The molecule has 164 valence electrons. The molecule has 0 aliphatic heterocycles.